The van der Waals surface area contributed by atoms with Gasteiger partial charge in [0.1, 0.15) is 0 Å². The number of guanidine groups is 1. The van der Waals surface area contributed by atoms with Crippen molar-refractivity contribution in [1.29, 1.82) is 0 Å². The summed E-state index contributed by atoms with van der Waals surface area (Å²) in [6.07, 6.45) is 7.03. The van der Waals surface area contributed by atoms with Crippen molar-refractivity contribution in [2.24, 2.45) is 10.7 Å². The Morgan fingerprint density at radius 1 is 1.13 bits per heavy atom. The predicted octanol–water partition coefficient (Wildman–Crippen LogP) is 3.88. The largest absolute Gasteiger partial charge is 0.370 e. The molecule has 1 aliphatic carbocycles. The Bertz CT molecular complexity index is 531. The van der Waals surface area contributed by atoms with E-state index in [1.807, 2.05) is 32.0 Å². The molecule has 0 aromatic heterocycles. The van der Waals surface area contributed by atoms with Gasteiger partial charge in [0.2, 0.25) is 0 Å². The summed E-state index contributed by atoms with van der Waals surface area (Å²) < 4.78 is 0. The zero-order valence-corrected chi connectivity index (χ0v) is 14.7. The molecule has 0 spiro atoms. The highest BCUT2D eigenvalue weighted by molar-refractivity contribution is 6.02. The molecule has 0 radical (unpaired) electrons. The molecule has 1 aromatic carbocycles. The van der Waals surface area contributed by atoms with E-state index in [1.54, 1.807) is 0 Å². The number of nitrogens with one attached hydrogen (secondary N) is 2. The molecule has 0 aliphatic heterocycles. The van der Waals surface area contributed by atoms with Gasteiger partial charge in [0, 0.05) is 5.69 Å². The number of nitrogens with two attached hydrogens (primary N) is 1. The number of carbonyl (C=O) groups is 1. The minimum absolute atomic E-state index is 0. The van der Waals surface area contributed by atoms with E-state index in [9.17, 15) is 4.79 Å². The third-order valence-corrected chi connectivity index (χ3v) is 4.11. The minimum Gasteiger partial charge on any atom is -0.370 e. The van der Waals surface area contributed by atoms with Gasteiger partial charge in [-0.1, -0.05) is 43.9 Å². The molecule has 1 fully saturated rings. The number of urea groups is 1. The lowest BCUT2D eigenvalue weighted by Crippen LogP contribution is -2.40. The number of benzene rings is 1. The average Bonchev–Trinajstić information content (AvgIpc) is 2.71. The van der Waals surface area contributed by atoms with E-state index in [0.29, 0.717) is 0 Å². The van der Waals surface area contributed by atoms with Crippen LogP contribution in [0, 0.1) is 13.8 Å². The highest BCUT2D eigenvalue weighted by Gasteiger charge is 2.13. The first-order valence-electron chi connectivity index (χ1n) is 8.04. The van der Waals surface area contributed by atoms with Gasteiger partial charge in [-0.25, -0.2) is 9.79 Å². The predicted molar refractivity (Wildman–Crippen MR) is 98.4 cm³/mol. The molecule has 0 heterocycles. The topological polar surface area (TPSA) is 79.5 Å². The van der Waals surface area contributed by atoms with Crippen LogP contribution in [0.4, 0.5) is 10.5 Å². The summed E-state index contributed by atoms with van der Waals surface area (Å²) in [6.45, 7) is 3.93. The normalized spacial score (nSPS) is 16.2. The number of rotatable bonds is 2. The van der Waals surface area contributed by atoms with Gasteiger partial charge >= 0.3 is 6.03 Å². The van der Waals surface area contributed by atoms with Gasteiger partial charge in [0.15, 0.2) is 5.96 Å². The van der Waals surface area contributed by atoms with Crippen molar-refractivity contribution < 1.29 is 4.79 Å². The third-order valence-electron chi connectivity index (χ3n) is 4.11. The van der Waals surface area contributed by atoms with E-state index < -0.39 is 0 Å². The Hall–Kier alpha value is -1.75. The standard InChI is InChI=1S/C17H26N4O.ClH/c1-12-8-7-9-13(2)15(12)20-17(22)21-16(18)19-14-10-5-3-4-6-11-14;/h7-9,14H,3-6,10-11H2,1-2H3,(H4,18,19,20,21,22);1H. The van der Waals surface area contributed by atoms with Gasteiger partial charge < -0.3 is 11.1 Å². The fourth-order valence-corrected chi connectivity index (χ4v) is 2.89. The summed E-state index contributed by atoms with van der Waals surface area (Å²) in [5.41, 5.74) is 8.73. The first-order chi connectivity index (χ1) is 10.6. The molecule has 128 valence electrons. The van der Waals surface area contributed by atoms with Crippen LogP contribution in [-0.4, -0.2) is 18.0 Å². The average molecular weight is 339 g/mol. The van der Waals surface area contributed by atoms with Crippen LogP contribution in [-0.2, 0) is 0 Å². The molecule has 0 saturated heterocycles. The number of carbonyl (C=O) groups excluding carboxylic acids is 1. The molecule has 1 aromatic rings. The Morgan fingerprint density at radius 3 is 2.26 bits per heavy atom. The molecule has 6 heteroatoms. The molecule has 2 rings (SSSR count). The number of hydrogen-bond donors (Lipinski definition) is 3. The Balaban J connectivity index is 0.00000264. The molecule has 0 unspecified atom stereocenters. The fourth-order valence-electron chi connectivity index (χ4n) is 2.89. The molecule has 23 heavy (non-hydrogen) atoms. The van der Waals surface area contributed by atoms with Gasteiger partial charge in [-0.3, -0.25) is 5.32 Å². The number of aliphatic imine (C=N–C) groups is 1. The van der Waals surface area contributed by atoms with Crippen molar-refractivity contribution in [2.45, 2.75) is 58.4 Å². The summed E-state index contributed by atoms with van der Waals surface area (Å²) in [5.74, 6) is 0.204. The SMILES string of the molecule is Cc1cccc(C)c1NC(=O)NC(N)=NC1CCCCCC1.Cl. The van der Waals surface area contributed by atoms with Gasteiger partial charge in [-0.2, -0.15) is 0 Å². The molecule has 5 nitrogen and oxygen atoms in total. The van der Waals surface area contributed by atoms with E-state index in [-0.39, 0.29) is 30.4 Å². The number of hydrogen-bond acceptors (Lipinski definition) is 2. The molecule has 0 bridgehead atoms. The lowest BCUT2D eigenvalue weighted by Gasteiger charge is -2.13. The van der Waals surface area contributed by atoms with Gasteiger partial charge in [0.25, 0.3) is 0 Å². The van der Waals surface area contributed by atoms with Gasteiger partial charge in [0.05, 0.1) is 6.04 Å². The van der Waals surface area contributed by atoms with Crippen molar-refractivity contribution in [3.8, 4) is 0 Å². The summed E-state index contributed by atoms with van der Waals surface area (Å²) >= 11 is 0. The third kappa shape index (κ3) is 6.10. The number of para-hydroxylation sites is 1. The van der Waals surface area contributed by atoms with E-state index in [4.69, 9.17) is 5.73 Å². The lowest BCUT2D eigenvalue weighted by atomic mass is 10.1. The first-order valence-corrected chi connectivity index (χ1v) is 8.04. The summed E-state index contributed by atoms with van der Waals surface area (Å²) in [5, 5.41) is 5.48. The van der Waals surface area contributed by atoms with Crippen LogP contribution in [0.3, 0.4) is 0 Å². The van der Waals surface area contributed by atoms with E-state index in [1.165, 1.54) is 25.7 Å². The van der Waals surface area contributed by atoms with Crippen molar-refractivity contribution >= 4 is 30.1 Å². The zero-order valence-electron chi connectivity index (χ0n) is 13.9. The second-order valence-corrected chi connectivity index (χ2v) is 6.01. The highest BCUT2D eigenvalue weighted by atomic mass is 35.5. The fraction of sp³-hybridized carbons (Fsp3) is 0.529. The second kappa shape index (κ2) is 9.40. The Labute approximate surface area is 144 Å². The number of anilines is 1. The van der Waals surface area contributed by atoms with Crippen LogP contribution in [0.1, 0.15) is 49.7 Å². The number of nitrogens with zero attached hydrogens (tertiary/aromatic N) is 1. The van der Waals surface area contributed by atoms with Crippen LogP contribution in [0.2, 0.25) is 0 Å². The first kappa shape index (κ1) is 19.3. The van der Waals surface area contributed by atoms with Crippen LogP contribution in [0.25, 0.3) is 0 Å². The van der Waals surface area contributed by atoms with Crippen LogP contribution < -0.4 is 16.4 Å². The van der Waals surface area contributed by atoms with Crippen molar-refractivity contribution in [3.05, 3.63) is 29.3 Å². The summed E-state index contributed by atoms with van der Waals surface area (Å²) in [6, 6.07) is 5.79. The Morgan fingerprint density at radius 2 is 1.70 bits per heavy atom. The molecular formula is C17H27ClN4O. The maximum atomic E-state index is 12.1. The monoisotopic (exact) mass is 338 g/mol. The van der Waals surface area contributed by atoms with E-state index >= 15 is 0 Å². The molecule has 0 atom stereocenters. The molecule has 2 amide bonds. The summed E-state index contributed by atoms with van der Waals surface area (Å²) in [7, 11) is 0. The molecule has 1 aliphatic rings. The minimum atomic E-state index is -0.340. The molecule has 1 saturated carbocycles. The van der Waals surface area contributed by atoms with Crippen LogP contribution >= 0.6 is 12.4 Å². The zero-order chi connectivity index (χ0) is 15.9. The second-order valence-electron chi connectivity index (χ2n) is 6.01. The number of halogens is 1. The maximum absolute atomic E-state index is 12.1. The van der Waals surface area contributed by atoms with E-state index in [2.05, 4.69) is 15.6 Å². The lowest BCUT2D eigenvalue weighted by molar-refractivity contribution is 0.256. The highest BCUT2D eigenvalue weighted by Crippen LogP contribution is 2.20. The maximum Gasteiger partial charge on any atom is 0.326 e. The quantitative estimate of drug-likeness (QED) is 0.434. The number of amides is 2. The smallest absolute Gasteiger partial charge is 0.326 e. The van der Waals surface area contributed by atoms with Crippen LogP contribution in [0.5, 0.6) is 0 Å². The van der Waals surface area contributed by atoms with Gasteiger partial charge in [-0.15, -0.1) is 12.4 Å². The molecule has 4 N–H and O–H groups in total. The van der Waals surface area contributed by atoms with Crippen molar-refractivity contribution in [1.82, 2.24) is 5.32 Å². The van der Waals surface area contributed by atoms with Gasteiger partial charge in [-0.05, 0) is 37.8 Å². The molecular weight excluding hydrogens is 312 g/mol. The summed E-state index contributed by atoms with van der Waals surface area (Å²) in [4.78, 5) is 16.5. The number of aryl methyl sites for hydroxylation is 2. The van der Waals surface area contributed by atoms with Crippen molar-refractivity contribution in [3.63, 3.8) is 0 Å². The van der Waals surface area contributed by atoms with Crippen molar-refractivity contribution in [2.75, 3.05) is 5.32 Å². The van der Waals surface area contributed by atoms with E-state index in [0.717, 1.165) is 29.7 Å². The van der Waals surface area contributed by atoms with Crippen LogP contribution in [0.15, 0.2) is 23.2 Å². The Kier molecular flexibility index (Phi) is 7.89.